The van der Waals surface area contributed by atoms with E-state index in [4.69, 9.17) is 5.11 Å². The van der Waals surface area contributed by atoms with Crippen LogP contribution in [0.1, 0.15) is 20.3 Å². The number of aliphatic hydroxyl groups is 1. The van der Waals surface area contributed by atoms with Crippen LogP contribution in [0.4, 0.5) is 0 Å². The van der Waals surface area contributed by atoms with Gasteiger partial charge in [0, 0.05) is 26.2 Å². The highest BCUT2D eigenvalue weighted by Crippen LogP contribution is 2.04. The Balaban J connectivity index is 2.28. The fourth-order valence-corrected chi connectivity index (χ4v) is 1.65. The van der Waals surface area contributed by atoms with Gasteiger partial charge in [0.2, 0.25) is 5.91 Å². The predicted octanol–water partition coefficient (Wildman–Crippen LogP) is -0.0786. The van der Waals surface area contributed by atoms with Crippen molar-refractivity contribution in [2.24, 2.45) is 0 Å². The van der Waals surface area contributed by atoms with Crippen LogP contribution in [0.2, 0.25) is 0 Å². The zero-order chi connectivity index (χ0) is 10.6. The fourth-order valence-electron chi connectivity index (χ4n) is 1.65. The summed E-state index contributed by atoms with van der Waals surface area (Å²) < 4.78 is 0. The molecule has 0 spiro atoms. The molecule has 4 heteroatoms. The second-order valence-corrected chi connectivity index (χ2v) is 3.89. The molecule has 14 heavy (non-hydrogen) atoms. The second kappa shape index (κ2) is 5.32. The Hall–Kier alpha value is -0.610. The van der Waals surface area contributed by atoms with Crippen molar-refractivity contribution in [2.45, 2.75) is 26.4 Å². The Morgan fingerprint density at radius 2 is 2.21 bits per heavy atom. The lowest BCUT2D eigenvalue weighted by molar-refractivity contribution is -0.135. The Bertz CT molecular complexity index is 195. The number of aliphatic hydroxyl groups excluding tert-OH is 1. The van der Waals surface area contributed by atoms with E-state index in [0.29, 0.717) is 6.54 Å². The van der Waals surface area contributed by atoms with Gasteiger partial charge in [-0.25, -0.2) is 0 Å². The minimum Gasteiger partial charge on any atom is -0.393 e. The maximum absolute atomic E-state index is 11.5. The van der Waals surface area contributed by atoms with Gasteiger partial charge in [-0.1, -0.05) is 0 Å². The molecule has 0 radical (unpaired) electrons. The lowest BCUT2D eigenvalue weighted by Gasteiger charge is -2.33. The molecule has 0 aromatic heterocycles. The van der Waals surface area contributed by atoms with Crippen LogP contribution in [-0.2, 0) is 4.79 Å². The van der Waals surface area contributed by atoms with E-state index in [1.165, 1.54) is 0 Å². The minimum absolute atomic E-state index is 0.212. The molecule has 1 aliphatic rings. The molecule has 1 fully saturated rings. The van der Waals surface area contributed by atoms with Crippen LogP contribution < -0.4 is 0 Å². The van der Waals surface area contributed by atoms with E-state index in [1.807, 2.05) is 11.8 Å². The third-order valence-electron chi connectivity index (χ3n) is 2.64. The summed E-state index contributed by atoms with van der Waals surface area (Å²) in [6.07, 6.45) is 0.480. The van der Waals surface area contributed by atoms with E-state index in [2.05, 4.69) is 4.90 Å². The van der Waals surface area contributed by atoms with Crippen molar-refractivity contribution < 1.29 is 9.90 Å². The lowest BCUT2D eigenvalue weighted by atomic mass is 10.2. The van der Waals surface area contributed by atoms with Crippen LogP contribution in [-0.4, -0.2) is 59.6 Å². The number of likely N-dealkylation sites (N-methyl/N-ethyl adjacent to an activating group) is 1. The number of rotatable bonds is 4. The molecular formula is C10H20N2O2. The Morgan fingerprint density at radius 3 is 2.71 bits per heavy atom. The number of nitrogens with zero attached hydrogens (tertiary/aromatic N) is 2. The summed E-state index contributed by atoms with van der Waals surface area (Å²) in [5, 5.41) is 9.13. The molecule has 1 rings (SSSR count). The smallest absolute Gasteiger partial charge is 0.236 e. The molecule has 0 bridgehead atoms. The highest BCUT2D eigenvalue weighted by atomic mass is 16.3. The predicted molar refractivity (Wildman–Crippen MR) is 55.0 cm³/mol. The van der Waals surface area contributed by atoms with Crippen molar-refractivity contribution >= 4 is 5.91 Å². The van der Waals surface area contributed by atoms with Crippen LogP contribution in [0, 0.1) is 0 Å². The number of amides is 1. The Labute approximate surface area is 85.5 Å². The molecule has 0 saturated carbocycles. The van der Waals surface area contributed by atoms with Crippen molar-refractivity contribution in [1.29, 1.82) is 0 Å². The van der Waals surface area contributed by atoms with Gasteiger partial charge in [-0.3, -0.25) is 9.69 Å². The van der Waals surface area contributed by atoms with E-state index in [9.17, 15) is 4.79 Å². The molecule has 0 aromatic rings. The quantitative estimate of drug-likeness (QED) is 0.690. The van der Waals surface area contributed by atoms with Gasteiger partial charge < -0.3 is 10.0 Å². The van der Waals surface area contributed by atoms with Gasteiger partial charge in [0.05, 0.1) is 12.6 Å². The van der Waals surface area contributed by atoms with Gasteiger partial charge in [-0.05, 0) is 20.3 Å². The van der Waals surface area contributed by atoms with Crippen LogP contribution in [0.3, 0.4) is 0 Å². The number of piperazine rings is 1. The van der Waals surface area contributed by atoms with Gasteiger partial charge in [0.1, 0.15) is 0 Å². The fraction of sp³-hybridized carbons (Fsp3) is 0.900. The highest BCUT2D eigenvalue weighted by Gasteiger charge is 2.22. The first-order valence-corrected chi connectivity index (χ1v) is 5.31. The molecule has 1 N–H and O–H groups in total. The van der Waals surface area contributed by atoms with Crippen LogP contribution in [0.15, 0.2) is 0 Å². The number of carbonyl (C=O) groups excluding carboxylic acids is 1. The average molecular weight is 200 g/mol. The molecule has 82 valence electrons. The first-order valence-electron chi connectivity index (χ1n) is 5.31. The second-order valence-electron chi connectivity index (χ2n) is 3.89. The third-order valence-corrected chi connectivity index (χ3v) is 2.64. The summed E-state index contributed by atoms with van der Waals surface area (Å²) in [6.45, 7) is 7.69. The first kappa shape index (κ1) is 11.5. The van der Waals surface area contributed by atoms with E-state index >= 15 is 0 Å². The van der Waals surface area contributed by atoms with Crippen LogP contribution >= 0.6 is 0 Å². The SMILES string of the molecule is CCN1CCN(CCC(C)O)CC1=O. The summed E-state index contributed by atoms with van der Waals surface area (Å²) in [6, 6.07) is 0. The normalized spacial score (nSPS) is 21.4. The monoisotopic (exact) mass is 200 g/mol. The Kier molecular flexibility index (Phi) is 4.35. The van der Waals surface area contributed by atoms with E-state index in [1.54, 1.807) is 6.92 Å². The summed E-state index contributed by atoms with van der Waals surface area (Å²) in [5.41, 5.74) is 0. The maximum Gasteiger partial charge on any atom is 0.236 e. The van der Waals surface area contributed by atoms with E-state index in [-0.39, 0.29) is 12.0 Å². The summed E-state index contributed by atoms with van der Waals surface area (Å²) in [4.78, 5) is 15.5. The zero-order valence-corrected chi connectivity index (χ0v) is 9.07. The largest absolute Gasteiger partial charge is 0.393 e. The van der Waals surface area contributed by atoms with Gasteiger partial charge in [0.15, 0.2) is 0 Å². The molecule has 1 atom stereocenters. The van der Waals surface area contributed by atoms with Gasteiger partial charge in [-0.2, -0.15) is 0 Å². The summed E-state index contributed by atoms with van der Waals surface area (Å²) in [5.74, 6) is 0.212. The lowest BCUT2D eigenvalue weighted by Crippen LogP contribution is -2.50. The van der Waals surface area contributed by atoms with Crippen LogP contribution in [0.5, 0.6) is 0 Å². The van der Waals surface area contributed by atoms with E-state index < -0.39 is 0 Å². The highest BCUT2D eigenvalue weighted by molar-refractivity contribution is 5.78. The molecule has 1 unspecified atom stereocenters. The minimum atomic E-state index is -0.269. The van der Waals surface area contributed by atoms with Crippen molar-refractivity contribution in [3.63, 3.8) is 0 Å². The molecule has 1 saturated heterocycles. The first-order chi connectivity index (χ1) is 6.63. The standard InChI is InChI=1S/C10H20N2O2/c1-3-12-7-6-11(8-10(12)14)5-4-9(2)13/h9,13H,3-8H2,1-2H3. The topological polar surface area (TPSA) is 43.8 Å². The molecular weight excluding hydrogens is 180 g/mol. The van der Waals surface area contributed by atoms with E-state index in [0.717, 1.165) is 32.6 Å². The van der Waals surface area contributed by atoms with Crippen molar-refractivity contribution in [3.8, 4) is 0 Å². The van der Waals surface area contributed by atoms with Crippen LogP contribution in [0.25, 0.3) is 0 Å². The molecule has 1 amide bonds. The van der Waals surface area contributed by atoms with Gasteiger partial charge in [-0.15, -0.1) is 0 Å². The molecule has 4 nitrogen and oxygen atoms in total. The van der Waals surface area contributed by atoms with Gasteiger partial charge in [0.25, 0.3) is 0 Å². The van der Waals surface area contributed by atoms with Crippen molar-refractivity contribution in [1.82, 2.24) is 9.80 Å². The number of carbonyl (C=O) groups is 1. The zero-order valence-electron chi connectivity index (χ0n) is 9.07. The molecule has 0 aromatic carbocycles. The summed E-state index contributed by atoms with van der Waals surface area (Å²) >= 11 is 0. The summed E-state index contributed by atoms with van der Waals surface area (Å²) in [7, 11) is 0. The van der Waals surface area contributed by atoms with Gasteiger partial charge >= 0.3 is 0 Å². The average Bonchev–Trinajstić information content (AvgIpc) is 2.15. The number of hydrogen-bond donors (Lipinski definition) is 1. The van der Waals surface area contributed by atoms with Crippen molar-refractivity contribution in [3.05, 3.63) is 0 Å². The molecule has 1 aliphatic heterocycles. The van der Waals surface area contributed by atoms with Crippen molar-refractivity contribution in [2.75, 3.05) is 32.7 Å². The third kappa shape index (κ3) is 3.27. The molecule has 0 aliphatic carbocycles. The number of hydrogen-bond acceptors (Lipinski definition) is 3. The maximum atomic E-state index is 11.5. The molecule has 1 heterocycles. The Morgan fingerprint density at radius 1 is 1.50 bits per heavy atom.